The van der Waals surface area contributed by atoms with Gasteiger partial charge in [-0.25, -0.2) is 10.4 Å². The Balaban J connectivity index is 1.61. The maximum atomic E-state index is 11.8. The van der Waals surface area contributed by atoms with Crippen molar-refractivity contribution in [2.45, 2.75) is 13.8 Å². The zero-order valence-corrected chi connectivity index (χ0v) is 15.2. The lowest BCUT2D eigenvalue weighted by Gasteiger charge is -2.06. The summed E-state index contributed by atoms with van der Waals surface area (Å²) in [4.78, 5) is 16.2. The molecule has 3 aromatic rings. The number of rotatable bonds is 5. The molecule has 0 bridgehead atoms. The van der Waals surface area contributed by atoms with Crippen molar-refractivity contribution in [3.63, 3.8) is 0 Å². The van der Waals surface area contributed by atoms with Gasteiger partial charge in [-0.2, -0.15) is 5.10 Å². The van der Waals surface area contributed by atoms with Crippen molar-refractivity contribution in [3.05, 3.63) is 70.4 Å². The zero-order chi connectivity index (χ0) is 18.5. The van der Waals surface area contributed by atoms with Crippen molar-refractivity contribution in [2.75, 3.05) is 6.61 Å². The Morgan fingerprint density at radius 1 is 1.19 bits per heavy atom. The molecule has 0 aliphatic heterocycles. The molecule has 1 N–H and O–H groups in total. The molecule has 1 aromatic heterocycles. The first-order valence-electron chi connectivity index (χ1n) is 8.09. The van der Waals surface area contributed by atoms with Gasteiger partial charge in [-0.05, 0) is 49.2 Å². The Kier molecular flexibility index (Phi) is 5.49. The third-order valence-electron chi connectivity index (χ3n) is 3.71. The van der Waals surface area contributed by atoms with Gasteiger partial charge in [0.05, 0.1) is 11.7 Å². The lowest BCUT2D eigenvalue weighted by Crippen LogP contribution is -2.24. The van der Waals surface area contributed by atoms with E-state index in [9.17, 15) is 4.79 Å². The van der Waals surface area contributed by atoms with Gasteiger partial charge in [0, 0.05) is 10.9 Å². The summed E-state index contributed by atoms with van der Waals surface area (Å²) in [7, 11) is 0. The standard InChI is InChI=1S/C20H18ClN3O2/c1-13-4-3-5-17(8-13)26-12-19(25)24-22-11-16-10-15-7-6-14(2)9-18(15)23-20(16)21/h3-11H,12H2,1-2H3,(H,24,25)/b22-11-. The normalized spacial score (nSPS) is 11.0. The molecule has 6 heteroatoms. The van der Waals surface area contributed by atoms with Crippen LogP contribution in [0, 0.1) is 13.8 Å². The summed E-state index contributed by atoms with van der Waals surface area (Å²) in [6.07, 6.45) is 1.47. The SMILES string of the molecule is Cc1cccc(OCC(=O)N/N=C\c2cc3ccc(C)cc3nc2Cl)c1. The molecule has 0 aliphatic rings. The van der Waals surface area contributed by atoms with Gasteiger partial charge in [0.1, 0.15) is 10.9 Å². The molecule has 3 rings (SSSR count). The lowest BCUT2D eigenvalue weighted by molar-refractivity contribution is -0.123. The Morgan fingerprint density at radius 2 is 2.00 bits per heavy atom. The van der Waals surface area contributed by atoms with E-state index in [1.54, 1.807) is 6.07 Å². The molecule has 1 amide bonds. The largest absolute Gasteiger partial charge is 0.484 e. The van der Waals surface area contributed by atoms with E-state index in [0.29, 0.717) is 16.5 Å². The summed E-state index contributed by atoms with van der Waals surface area (Å²) < 4.78 is 5.42. The summed E-state index contributed by atoms with van der Waals surface area (Å²) in [5.41, 5.74) is 6.05. The van der Waals surface area contributed by atoms with Crippen LogP contribution < -0.4 is 10.2 Å². The third kappa shape index (κ3) is 4.58. The second-order valence-electron chi connectivity index (χ2n) is 5.96. The molecule has 1 heterocycles. The highest BCUT2D eigenvalue weighted by molar-refractivity contribution is 6.32. The first-order chi connectivity index (χ1) is 12.5. The molecule has 0 unspecified atom stereocenters. The first kappa shape index (κ1) is 17.9. The number of nitrogens with one attached hydrogen (secondary N) is 1. The van der Waals surface area contributed by atoms with Gasteiger partial charge in [0.25, 0.3) is 5.91 Å². The number of hydrazone groups is 1. The van der Waals surface area contributed by atoms with E-state index in [-0.39, 0.29) is 12.5 Å². The summed E-state index contributed by atoms with van der Waals surface area (Å²) in [5, 5.41) is 5.21. The highest BCUT2D eigenvalue weighted by Crippen LogP contribution is 2.20. The number of pyridine rings is 1. The highest BCUT2D eigenvalue weighted by Gasteiger charge is 2.05. The maximum absolute atomic E-state index is 11.8. The average Bonchev–Trinajstić information content (AvgIpc) is 2.60. The van der Waals surface area contributed by atoms with E-state index in [0.717, 1.165) is 22.0 Å². The van der Waals surface area contributed by atoms with Gasteiger partial charge < -0.3 is 4.74 Å². The van der Waals surface area contributed by atoms with Crippen LogP contribution in [-0.4, -0.2) is 23.7 Å². The van der Waals surface area contributed by atoms with E-state index in [2.05, 4.69) is 15.5 Å². The zero-order valence-electron chi connectivity index (χ0n) is 14.5. The van der Waals surface area contributed by atoms with Crippen molar-refractivity contribution in [2.24, 2.45) is 5.10 Å². The molecule has 0 saturated heterocycles. The minimum absolute atomic E-state index is 0.121. The van der Waals surface area contributed by atoms with Gasteiger partial charge in [-0.3, -0.25) is 4.79 Å². The number of fused-ring (bicyclic) bond motifs is 1. The van der Waals surface area contributed by atoms with Crippen molar-refractivity contribution < 1.29 is 9.53 Å². The van der Waals surface area contributed by atoms with Crippen LogP contribution in [-0.2, 0) is 4.79 Å². The second-order valence-corrected chi connectivity index (χ2v) is 6.32. The second kappa shape index (κ2) is 7.97. The van der Waals surface area contributed by atoms with Crippen molar-refractivity contribution >= 4 is 34.6 Å². The predicted octanol–water partition coefficient (Wildman–Crippen LogP) is 4.03. The summed E-state index contributed by atoms with van der Waals surface area (Å²) in [6, 6.07) is 15.3. The number of halogens is 1. The lowest BCUT2D eigenvalue weighted by atomic mass is 10.1. The maximum Gasteiger partial charge on any atom is 0.277 e. The van der Waals surface area contributed by atoms with Crippen molar-refractivity contribution in [1.82, 2.24) is 10.4 Å². The summed E-state index contributed by atoms with van der Waals surface area (Å²) >= 11 is 6.19. The first-order valence-corrected chi connectivity index (χ1v) is 8.47. The molecule has 0 spiro atoms. The van der Waals surface area contributed by atoms with E-state index in [4.69, 9.17) is 16.3 Å². The Bertz CT molecular complexity index is 986. The molecular formula is C20H18ClN3O2. The average molecular weight is 368 g/mol. The molecule has 2 aromatic carbocycles. The van der Waals surface area contributed by atoms with Crippen LogP contribution in [0.25, 0.3) is 10.9 Å². The molecule has 5 nitrogen and oxygen atoms in total. The monoisotopic (exact) mass is 367 g/mol. The molecule has 26 heavy (non-hydrogen) atoms. The van der Waals surface area contributed by atoms with Crippen LogP contribution in [0.3, 0.4) is 0 Å². The van der Waals surface area contributed by atoms with Gasteiger partial charge in [0.2, 0.25) is 0 Å². The van der Waals surface area contributed by atoms with E-state index in [1.165, 1.54) is 6.21 Å². The molecule has 0 radical (unpaired) electrons. The number of benzene rings is 2. The minimum atomic E-state index is -0.358. The Hall–Kier alpha value is -2.92. The number of aryl methyl sites for hydroxylation is 2. The van der Waals surface area contributed by atoms with Crippen LogP contribution >= 0.6 is 11.6 Å². The topological polar surface area (TPSA) is 63.6 Å². The quantitative estimate of drug-likeness (QED) is 0.420. The fourth-order valence-corrected chi connectivity index (χ4v) is 2.61. The van der Waals surface area contributed by atoms with Crippen molar-refractivity contribution in [1.29, 1.82) is 0 Å². The number of ether oxygens (including phenoxy) is 1. The van der Waals surface area contributed by atoms with Crippen LogP contribution in [0.4, 0.5) is 0 Å². The number of carbonyl (C=O) groups is 1. The van der Waals surface area contributed by atoms with Crippen molar-refractivity contribution in [3.8, 4) is 5.75 Å². The molecular weight excluding hydrogens is 350 g/mol. The van der Waals surface area contributed by atoms with Gasteiger partial charge in [-0.1, -0.05) is 35.9 Å². The van der Waals surface area contributed by atoms with Gasteiger partial charge in [0.15, 0.2) is 6.61 Å². The number of nitrogens with zero attached hydrogens (tertiary/aromatic N) is 2. The van der Waals surface area contributed by atoms with E-state index in [1.807, 2.05) is 56.3 Å². The van der Waals surface area contributed by atoms with Crippen LogP contribution in [0.15, 0.2) is 53.6 Å². The fourth-order valence-electron chi connectivity index (χ4n) is 2.42. The summed E-state index contributed by atoms with van der Waals surface area (Å²) in [5.74, 6) is 0.282. The van der Waals surface area contributed by atoms with Crippen LogP contribution in [0.2, 0.25) is 5.15 Å². The third-order valence-corrected chi connectivity index (χ3v) is 4.01. The summed E-state index contributed by atoms with van der Waals surface area (Å²) in [6.45, 7) is 3.84. The molecule has 0 saturated carbocycles. The molecule has 0 fully saturated rings. The van der Waals surface area contributed by atoms with E-state index < -0.39 is 0 Å². The van der Waals surface area contributed by atoms with E-state index >= 15 is 0 Å². The highest BCUT2D eigenvalue weighted by atomic mass is 35.5. The smallest absolute Gasteiger partial charge is 0.277 e. The number of carbonyl (C=O) groups excluding carboxylic acids is 1. The number of amides is 1. The molecule has 0 atom stereocenters. The van der Waals surface area contributed by atoms with Gasteiger partial charge in [-0.15, -0.1) is 0 Å². The van der Waals surface area contributed by atoms with Crippen LogP contribution in [0.1, 0.15) is 16.7 Å². The van der Waals surface area contributed by atoms with Gasteiger partial charge >= 0.3 is 0 Å². The number of hydrogen-bond acceptors (Lipinski definition) is 4. The fraction of sp³-hybridized carbons (Fsp3) is 0.150. The minimum Gasteiger partial charge on any atom is -0.484 e. The predicted molar refractivity (Wildman–Crippen MR) is 104 cm³/mol. The Morgan fingerprint density at radius 3 is 2.81 bits per heavy atom. The van der Waals surface area contributed by atoms with Crippen LogP contribution in [0.5, 0.6) is 5.75 Å². The molecule has 132 valence electrons. The number of aromatic nitrogens is 1. The molecule has 0 aliphatic carbocycles. The number of hydrogen-bond donors (Lipinski definition) is 1. The Labute approximate surface area is 156 Å².